The molecule has 0 saturated carbocycles. The highest BCUT2D eigenvalue weighted by molar-refractivity contribution is 5.45. The van der Waals surface area contributed by atoms with Gasteiger partial charge in [-0.3, -0.25) is 0 Å². The quantitative estimate of drug-likeness (QED) is 0.557. The smallest absolute Gasteiger partial charge is 0.399 e. The molecule has 0 bridgehead atoms. The van der Waals surface area contributed by atoms with Crippen LogP contribution < -0.4 is 11.5 Å². The van der Waals surface area contributed by atoms with Crippen LogP contribution in [-0.4, -0.2) is 0 Å². The number of benzene rings is 1. The molecule has 0 heterocycles. The zero-order valence-electron chi connectivity index (χ0n) is 7.88. The van der Waals surface area contributed by atoms with Crippen LogP contribution in [0.15, 0.2) is 18.2 Å². The summed E-state index contributed by atoms with van der Waals surface area (Å²) in [6, 6.07) is 3.31. The summed E-state index contributed by atoms with van der Waals surface area (Å²) in [5, 5.41) is 0. The number of hydrogen-bond donors (Lipinski definition) is 2. The first-order valence-corrected chi connectivity index (χ1v) is 3.93. The van der Waals surface area contributed by atoms with Gasteiger partial charge in [0, 0.05) is 12.2 Å². The Kier molecular flexibility index (Phi) is 4.68. The fourth-order valence-corrected chi connectivity index (χ4v) is 1.000. The zero-order valence-corrected chi connectivity index (χ0v) is 7.88. The summed E-state index contributed by atoms with van der Waals surface area (Å²) >= 11 is 0. The Balaban J connectivity index is 0.000000921. The highest BCUT2D eigenvalue weighted by atomic mass is 19.4. The maximum absolute atomic E-state index is 12.2. The van der Waals surface area contributed by atoms with Gasteiger partial charge in [-0.05, 0) is 23.8 Å². The van der Waals surface area contributed by atoms with Gasteiger partial charge in [0.25, 0.3) is 0 Å². The Hall–Kier alpha value is -1.67. The van der Waals surface area contributed by atoms with E-state index in [1.165, 1.54) is 6.07 Å². The van der Waals surface area contributed by atoms with E-state index in [0.717, 1.165) is 12.1 Å². The number of alkyl halides is 3. The first-order chi connectivity index (χ1) is 6.93. The van der Waals surface area contributed by atoms with Crippen molar-refractivity contribution in [1.82, 2.24) is 0 Å². The van der Waals surface area contributed by atoms with Crippen LogP contribution in [0.25, 0.3) is 0 Å². The molecule has 0 aromatic heterocycles. The molecule has 1 aromatic carbocycles. The molecule has 0 aliphatic carbocycles. The molecule has 15 heavy (non-hydrogen) atoms. The van der Waals surface area contributed by atoms with Crippen molar-refractivity contribution in [3.8, 4) is 12.8 Å². The van der Waals surface area contributed by atoms with Crippen molar-refractivity contribution in [2.45, 2.75) is 12.7 Å². The predicted octanol–water partition coefficient (Wildman–Crippen LogP) is 2.00. The summed E-state index contributed by atoms with van der Waals surface area (Å²) < 4.78 is 36.6. The van der Waals surface area contributed by atoms with E-state index in [9.17, 15) is 13.2 Å². The van der Waals surface area contributed by atoms with Gasteiger partial charge in [0.1, 0.15) is 0 Å². The summed E-state index contributed by atoms with van der Waals surface area (Å²) in [6.07, 6.45) is 3.64. The van der Waals surface area contributed by atoms with E-state index < -0.39 is 11.7 Å². The fraction of sp³-hybridized carbons (Fsp3) is 0.200. The predicted molar refractivity (Wildman–Crippen MR) is 53.6 cm³/mol. The fourth-order valence-electron chi connectivity index (χ4n) is 1.000. The highest BCUT2D eigenvalue weighted by Crippen LogP contribution is 2.31. The van der Waals surface area contributed by atoms with E-state index in [0.29, 0.717) is 5.56 Å². The summed E-state index contributed by atoms with van der Waals surface area (Å²) in [4.78, 5) is 0. The van der Waals surface area contributed by atoms with Crippen molar-refractivity contribution in [3.05, 3.63) is 29.3 Å². The van der Waals surface area contributed by atoms with Crippen LogP contribution in [0, 0.1) is 12.8 Å². The molecule has 0 atom stereocenters. The normalized spacial score (nSPS) is 10.3. The number of anilines is 1. The average molecular weight is 216 g/mol. The number of halogens is 3. The Morgan fingerprint density at radius 1 is 1.13 bits per heavy atom. The molecule has 82 valence electrons. The van der Waals surface area contributed by atoms with Gasteiger partial charge in [-0.15, -0.1) is 12.8 Å². The second-order valence-electron chi connectivity index (χ2n) is 2.67. The van der Waals surface area contributed by atoms with E-state index in [1.54, 1.807) is 0 Å². The maximum atomic E-state index is 12.2. The lowest BCUT2D eigenvalue weighted by Gasteiger charge is -2.09. The molecule has 0 amide bonds. The Morgan fingerprint density at radius 3 is 2.07 bits per heavy atom. The van der Waals surface area contributed by atoms with Crippen molar-refractivity contribution in [3.63, 3.8) is 0 Å². The summed E-state index contributed by atoms with van der Waals surface area (Å²) in [6.45, 7) is 0.0497. The van der Waals surface area contributed by atoms with E-state index in [2.05, 4.69) is 12.8 Å². The lowest BCUT2D eigenvalue weighted by atomic mass is 10.1. The molecule has 5 heteroatoms. The summed E-state index contributed by atoms with van der Waals surface area (Å²) in [5.41, 5.74) is 10.2. The van der Waals surface area contributed by atoms with Crippen LogP contribution in [0.5, 0.6) is 0 Å². The second kappa shape index (κ2) is 5.27. The van der Waals surface area contributed by atoms with Crippen LogP contribution in [0.1, 0.15) is 11.1 Å². The van der Waals surface area contributed by atoms with Crippen molar-refractivity contribution < 1.29 is 13.2 Å². The Bertz CT molecular complexity index is 342. The van der Waals surface area contributed by atoms with E-state index in [-0.39, 0.29) is 12.2 Å². The minimum atomic E-state index is -4.36. The molecule has 1 aromatic rings. The van der Waals surface area contributed by atoms with Gasteiger partial charge >= 0.3 is 6.18 Å². The highest BCUT2D eigenvalue weighted by Gasteiger charge is 2.30. The topological polar surface area (TPSA) is 52.0 Å². The largest absolute Gasteiger partial charge is 0.416 e. The second-order valence-corrected chi connectivity index (χ2v) is 2.67. The summed E-state index contributed by atoms with van der Waals surface area (Å²) in [7, 11) is 0. The number of rotatable bonds is 1. The minimum Gasteiger partial charge on any atom is -0.399 e. The SMILES string of the molecule is C#C.NCc1cc(N)cc(C(F)(F)F)c1. The molecule has 0 unspecified atom stereocenters. The third kappa shape index (κ3) is 3.92. The molecular formula is C10H11F3N2. The lowest BCUT2D eigenvalue weighted by Crippen LogP contribution is -2.08. The third-order valence-corrected chi connectivity index (χ3v) is 1.58. The molecule has 0 aliphatic rings. The number of terminal acetylenes is 1. The summed E-state index contributed by atoms with van der Waals surface area (Å²) in [5.74, 6) is 0. The number of hydrogen-bond acceptors (Lipinski definition) is 2. The maximum Gasteiger partial charge on any atom is 0.416 e. The van der Waals surface area contributed by atoms with Crippen molar-refractivity contribution in [2.75, 3.05) is 5.73 Å². The molecule has 2 nitrogen and oxygen atoms in total. The monoisotopic (exact) mass is 216 g/mol. The molecule has 0 fully saturated rings. The van der Waals surface area contributed by atoms with Gasteiger partial charge in [-0.1, -0.05) is 0 Å². The van der Waals surface area contributed by atoms with Gasteiger partial charge in [0.2, 0.25) is 0 Å². The minimum absolute atomic E-state index is 0.0497. The van der Waals surface area contributed by atoms with Crippen LogP contribution in [0.3, 0.4) is 0 Å². The number of nitrogen functional groups attached to an aromatic ring is 1. The average Bonchev–Trinajstić information content (AvgIpc) is 2.18. The molecule has 0 radical (unpaired) electrons. The Labute approximate surface area is 86.1 Å². The number of nitrogens with two attached hydrogens (primary N) is 2. The van der Waals surface area contributed by atoms with E-state index >= 15 is 0 Å². The van der Waals surface area contributed by atoms with Gasteiger partial charge in [-0.25, -0.2) is 0 Å². The zero-order chi connectivity index (χ0) is 12.1. The molecule has 0 aliphatic heterocycles. The Morgan fingerprint density at radius 2 is 1.67 bits per heavy atom. The first kappa shape index (κ1) is 13.3. The van der Waals surface area contributed by atoms with Crippen molar-refractivity contribution >= 4 is 5.69 Å². The van der Waals surface area contributed by atoms with E-state index in [1.807, 2.05) is 0 Å². The standard InChI is InChI=1S/C8H9F3N2.C2H2/c9-8(10,11)6-1-5(4-12)2-7(13)3-6;1-2/h1-3H,4,12-13H2;1-2H. The van der Waals surface area contributed by atoms with Crippen molar-refractivity contribution in [1.29, 1.82) is 0 Å². The van der Waals surface area contributed by atoms with Crippen LogP contribution >= 0.6 is 0 Å². The molecular weight excluding hydrogens is 205 g/mol. The van der Waals surface area contributed by atoms with Crippen LogP contribution in [0.2, 0.25) is 0 Å². The molecule has 4 N–H and O–H groups in total. The van der Waals surface area contributed by atoms with Crippen LogP contribution in [-0.2, 0) is 12.7 Å². The molecule has 1 rings (SSSR count). The molecule has 0 spiro atoms. The molecule has 0 saturated heterocycles. The van der Waals surface area contributed by atoms with Gasteiger partial charge < -0.3 is 11.5 Å². The third-order valence-electron chi connectivity index (χ3n) is 1.58. The first-order valence-electron chi connectivity index (χ1n) is 3.93. The van der Waals surface area contributed by atoms with Crippen LogP contribution in [0.4, 0.5) is 18.9 Å². The van der Waals surface area contributed by atoms with Gasteiger partial charge in [0.15, 0.2) is 0 Å². The lowest BCUT2D eigenvalue weighted by molar-refractivity contribution is -0.137. The van der Waals surface area contributed by atoms with Crippen molar-refractivity contribution in [2.24, 2.45) is 5.73 Å². The van der Waals surface area contributed by atoms with Gasteiger partial charge in [-0.2, -0.15) is 13.2 Å². The van der Waals surface area contributed by atoms with E-state index in [4.69, 9.17) is 11.5 Å². The van der Waals surface area contributed by atoms with Gasteiger partial charge in [0.05, 0.1) is 5.56 Å².